The summed E-state index contributed by atoms with van der Waals surface area (Å²) in [7, 11) is 3.78. The molecule has 2 rings (SSSR count). The van der Waals surface area contributed by atoms with Crippen molar-refractivity contribution in [2.75, 3.05) is 24.6 Å². The molecule has 1 aromatic carbocycles. The van der Waals surface area contributed by atoms with Gasteiger partial charge in [-0.3, -0.25) is 9.69 Å². The minimum atomic E-state index is -0.140. The lowest BCUT2D eigenvalue weighted by molar-refractivity contribution is -0.117. The fraction of sp³-hybridized carbons (Fsp3) is 0.286. The lowest BCUT2D eigenvalue weighted by Gasteiger charge is -2.16. The molecular formula is C14H18ClN5O. The number of aryl methyl sites for hydroxylation is 1. The summed E-state index contributed by atoms with van der Waals surface area (Å²) in [6.45, 7) is 0.833. The Morgan fingerprint density at radius 2 is 2.29 bits per heavy atom. The Morgan fingerprint density at radius 1 is 1.52 bits per heavy atom. The number of nitrogen functional groups attached to an aromatic ring is 1. The number of carbonyl (C=O) groups excluding carboxylic acids is 1. The number of hydrogen-bond acceptors (Lipinski definition) is 4. The van der Waals surface area contributed by atoms with Gasteiger partial charge in [0, 0.05) is 25.1 Å². The van der Waals surface area contributed by atoms with Gasteiger partial charge < -0.3 is 15.6 Å². The number of nitrogens with zero attached hydrogens (tertiary/aromatic N) is 3. The van der Waals surface area contributed by atoms with Crippen LogP contribution in [-0.2, 0) is 18.4 Å². The molecule has 0 fully saturated rings. The van der Waals surface area contributed by atoms with E-state index in [2.05, 4.69) is 10.3 Å². The van der Waals surface area contributed by atoms with E-state index in [1.54, 1.807) is 24.4 Å². The van der Waals surface area contributed by atoms with Crippen LogP contribution in [0.15, 0.2) is 30.6 Å². The summed E-state index contributed by atoms with van der Waals surface area (Å²) in [5.74, 6) is 0.759. The van der Waals surface area contributed by atoms with Gasteiger partial charge in [-0.1, -0.05) is 11.6 Å². The van der Waals surface area contributed by atoms with E-state index in [0.717, 1.165) is 5.82 Å². The minimum Gasteiger partial charge on any atom is -0.399 e. The topological polar surface area (TPSA) is 76.2 Å². The van der Waals surface area contributed by atoms with Gasteiger partial charge in [0.1, 0.15) is 5.82 Å². The minimum absolute atomic E-state index is 0.140. The Bertz CT molecular complexity index is 640. The van der Waals surface area contributed by atoms with E-state index in [4.69, 9.17) is 17.3 Å². The van der Waals surface area contributed by atoms with Crippen LogP contribution in [0.2, 0.25) is 5.02 Å². The third-order valence-electron chi connectivity index (χ3n) is 3.01. The Hall–Kier alpha value is -2.05. The van der Waals surface area contributed by atoms with Crippen LogP contribution in [0.5, 0.6) is 0 Å². The zero-order chi connectivity index (χ0) is 15.4. The fourth-order valence-electron chi connectivity index (χ4n) is 1.91. The third-order valence-corrected chi connectivity index (χ3v) is 3.33. The molecule has 21 heavy (non-hydrogen) atoms. The van der Waals surface area contributed by atoms with Gasteiger partial charge in [-0.25, -0.2) is 4.98 Å². The Balaban J connectivity index is 1.90. The van der Waals surface area contributed by atoms with Gasteiger partial charge in [-0.15, -0.1) is 0 Å². The van der Waals surface area contributed by atoms with Crippen molar-refractivity contribution < 1.29 is 4.79 Å². The maximum absolute atomic E-state index is 12.0. The molecule has 1 aromatic heterocycles. The van der Waals surface area contributed by atoms with Crippen LogP contribution in [-0.4, -0.2) is 34.0 Å². The number of aromatic nitrogens is 2. The first kappa shape index (κ1) is 15.3. The van der Waals surface area contributed by atoms with Gasteiger partial charge in [-0.05, 0) is 25.2 Å². The molecular weight excluding hydrogens is 290 g/mol. The van der Waals surface area contributed by atoms with E-state index in [0.29, 0.717) is 22.9 Å². The number of anilines is 2. The molecule has 0 aliphatic rings. The van der Waals surface area contributed by atoms with Crippen LogP contribution >= 0.6 is 11.6 Å². The van der Waals surface area contributed by atoms with Crippen LogP contribution in [0.1, 0.15) is 5.82 Å². The van der Waals surface area contributed by atoms with Crippen molar-refractivity contribution in [2.45, 2.75) is 6.54 Å². The van der Waals surface area contributed by atoms with Crippen molar-refractivity contribution in [3.05, 3.63) is 41.4 Å². The average Bonchev–Trinajstić information content (AvgIpc) is 2.78. The molecule has 0 saturated carbocycles. The summed E-state index contributed by atoms with van der Waals surface area (Å²) in [5.41, 5.74) is 6.73. The van der Waals surface area contributed by atoms with Crippen molar-refractivity contribution in [3.63, 3.8) is 0 Å². The molecule has 0 aliphatic heterocycles. The van der Waals surface area contributed by atoms with Gasteiger partial charge in [0.15, 0.2) is 0 Å². The molecule has 1 amide bonds. The number of hydrogen-bond donors (Lipinski definition) is 2. The molecule has 0 spiro atoms. The van der Waals surface area contributed by atoms with E-state index >= 15 is 0 Å². The van der Waals surface area contributed by atoms with Gasteiger partial charge in [-0.2, -0.15) is 0 Å². The predicted octanol–water partition coefficient (Wildman–Crippen LogP) is 1.73. The predicted molar refractivity (Wildman–Crippen MR) is 84.0 cm³/mol. The number of amides is 1. The Morgan fingerprint density at radius 3 is 2.90 bits per heavy atom. The molecule has 112 valence electrons. The monoisotopic (exact) mass is 307 g/mol. The molecule has 0 unspecified atom stereocenters. The number of benzene rings is 1. The lowest BCUT2D eigenvalue weighted by atomic mass is 10.3. The highest BCUT2D eigenvalue weighted by Gasteiger charge is 2.11. The van der Waals surface area contributed by atoms with Crippen LogP contribution in [0.25, 0.3) is 0 Å². The van der Waals surface area contributed by atoms with Gasteiger partial charge in [0.25, 0.3) is 0 Å². The SMILES string of the molecule is CN(CC(=O)Nc1ccc(N)cc1Cl)Cc1nccn1C. The van der Waals surface area contributed by atoms with Crippen LogP contribution in [0.3, 0.4) is 0 Å². The quantitative estimate of drug-likeness (QED) is 0.825. The van der Waals surface area contributed by atoms with Crippen molar-refractivity contribution in [1.82, 2.24) is 14.5 Å². The molecule has 6 nitrogen and oxygen atoms in total. The lowest BCUT2D eigenvalue weighted by Crippen LogP contribution is -2.30. The number of rotatable bonds is 5. The number of halogens is 1. The normalized spacial score (nSPS) is 10.9. The molecule has 1 heterocycles. The highest BCUT2D eigenvalue weighted by atomic mass is 35.5. The second kappa shape index (κ2) is 6.60. The number of carbonyl (C=O) groups is 1. The van der Waals surface area contributed by atoms with E-state index in [1.165, 1.54) is 0 Å². The molecule has 0 radical (unpaired) electrons. The van der Waals surface area contributed by atoms with Crippen molar-refractivity contribution in [3.8, 4) is 0 Å². The zero-order valence-corrected chi connectivity index (χ0v) is 12.8. The number of likely N-dealkylation sites (N-methyl/N-ethyl adjacent to an activating group) is 1. The van der Waals surface area contributed by atoms with E-state index in [-0.39, 0.29) is 12.5 Å². The smallest absolute Gasteiger partial charge is 0.238 e. The Labute approximate surface area is 128 Å². The third kappa shape index (κ3) is 4.21. The number of imidazole rings is 1. The highest BCUT2D eigenvalue weighted by Crippen LogP contribution is 2.23. The Kier molecular flexibility index (Phi) is 4.82. The molecule has 2 aromatic rings. The summed E-state index contributed by atoms with van der Waals surface area (Å²) in [6.07, 6.45) is 3.61. The van der Waals surface area contributed by atoms with Crippen molar-refractivity contribution >= 4 is 28.9 Å². The second-order valence-corrected chi connectivity index (χ2v) is 5.32. The van der Waals surface area contributed by atoms with Crippen molar-refractivity contribution in [1.29, 1.82) is 0 Å². The number of nitrogens with two attached hydrogens (primary N) is 1. The molecule has 0 aliphatic carbocycles. The van der Waals surface area contributed by atoms with Crippen molar-refractivity contribution in [2.24, 2.45) is 7.05 Å². The molecule has 0 saturated heterocycles. The average molecular weight is 308 g/mol. The van der Waals surface area contributed by atoms with E-state index in [9.17, 15) is 4.79 Å². The summed E-state index contributed by atoms with van der Waals surface area (Å²) in [6, 6.07) is 4.99. The number of nitrogens with one attached hydrogen (secondary N) is 1. The molecule has 7 heteroatoms. The molecule has 3 N–H and O–H groups in total. The summed E-state index contributed by atoms with van der Waals surface area (Å²) in [4.78, 5) is 18.1. The molecule has 0 atom stereocenters. The summed E-state index contributed by atoms with van der Waals surface area (Å²) >= 11 is 6.02. The maximum atomic E-state index is 12.0. The first-order valence-electron chi connectivity index (χ1n) is 6.45. The summed E-state index contributed by atoms with van der Waals surface area (Å²) in [5, 5.41) is 3.19. The maximum Gasteiger partial charge on any atom is 0.238 e. The van der Waals surface area contributed by atoms with Crippen LogP contribution in [0, 0.1) is 0 Å². The summed E-state index contributed by atoms with van der Waals surface area (Å²) < 4.78 is 1.92. The first-order valence-corrected chi connectivity index (χ1v) is 6.83. The van der Waals surface area contributed by atoms with Gasteiger partial charge in [0.05, 0.1) is 23.8 Å². The highest BCUT2D eigenvalue weighted by molar-refractivity contribution is 6.34. The van der Waals surface area contributed by atoms with Crippen LogP contribution in [0.4, 0.5) is 11.4 Å². The van der Waals surface area contributed by atoms with Crippen LogP contribution < -0.4 is 11.1 Å². The van der Waals surface area contributed by atoms with E-state index < -0.39 is 0 Å². The van der Waals surface area contributed by atoms with Gasteiger partial charge in [0.2, 0.25) is 5.91 Å². The zero-order valence-electron chi connectivity index (χ0n) is 12.0. The standard InChI is InChI=1S/C14H18ClN5O/c1-19(8-13-17-5-6-20(13)2)9-14(21)18-12-4-3-10(16)7-11(12)15/h3-7H,8-9,16H2,1-2H3,(H,18,21). The second-order valence-electron chi connectivity index (χ2n) is 4.91. The van der Waals surface area contributed by atoms with E-state index in [1.807, 2.05) is 29.8 Å². The van der Waals surface area contributed by atoms with Gasteiger partial charge >= 0.3 is 0 Å². The first-order chi connectivity index (χ1) is 9.95. The fourth-order valence-corrected chi connectivity index (χ4v) is 2.15. The largest absolute Gasteiger partial charge is 0.399 e. The molecule has 0 bridgehead atoms.